The number of carboxylic acids is 1. The number of hydrogen-bond donors (Lipinski definition) is 3. The Labute approximate surface area is 178 Å². The molecule has 0 saturated carbocycles. The molecule has 3 N–H and O–H groups in total. The first-order valence-electron chi connectivity index (χ1n) is 9.77. The fourth-order valence-corrected chi connectivity index (χ4v) is 3.26. The van der Waals surface area contributed by atoms with Crippen LogP contribution in [0.15, 0.2) is 24.3 Å². The lowest BCUT2D eigenvalue weighted by Gasteiger charge is -2.31. The van der Waals surface area contributed by atoms with E-state index in [1.165, 1.54) is 31.2 Å². The molecule has 0 heterocycles. The molecule has 164 valence electrons. The van der Waals surface area contributed by atoms with E-state index in [1.54, 1.807) is 0 Å². The third kappa shape index (κ3) is 7.99. The van der Waals surface area contributed by atoms with Crippen LogP contribution in [0.2, 0.25) is 18.1 Å². The molecule has 0 radical (unpaired) electrons. The quantitative estimate of drug-likeness (QED) is 0.454. The molecule has 0 unspecified atom stereocenters. The molecule has 30 heavy (non-hydrogen) atoms. The Bertz CT molecular complexity index is 835. The summed E-state index contributed by atoms with van der Waals surface area (Å²) in [7, 11) is -1.90. The first-order chi connectivity index (χ1) is 13.7. The van der Waals surface area contributed by atoms with E-state index in [4.69, 9.17) is 0 Å². The molecule has 0 aromatic heterocycles. The third-order valence-corrected chi connectivity index (χ3v) is 9.80. The average Bonchev–Trinajstić information content (AvgIpc) is 2.60. The summed E-state index contributed by atoms with van der Waals surface area (Å²) in [5.41, 5.74) is 3.87. The molecule has 0 spiro atoms. The Balaban J connectivity index is 2.93. The average molecular weight is 435 g/mol. The highest BCUT2D eigenvalue weighted by molar-refractivity contribution is 6.87. The predicted molar refractivity (Wildman–Crippen MR) is 117 cm³/mol. The molecule has 1 rings (SSSR count). The summed E-state index contributed by atoms with van der Waals surface area (Å²) < 4.78 is 13.1. The van der Waals surface area contributed by atoms with Crippen molar-refractivity contribution in [1.82, 2.24) is 10.6 Å². The van der Waals surface area contributed by atoms with Crippen LogP contribution in [0.4, 0.5) is 4.39 Å². The van der Waals surface area contributed by atoms with Gasteiger partial charge in [-0.15, -0.1) is 11.5 Å². The van der Waals surface area contributed by atoms with E-state index >= 15 is 0 Å². The molecule has 8 heteroatoms. The van der Waals surface area contributed by atoms with E-state index in [1.807, 2.05) is 0 Å². The molecule has 0 saturated heterocycles. The van der Waals surface area contributed by atoms with Crippen LogP contribution in [0, 0.1) is 17.3 Å². The van der Waals surface area contributed by atoms with Gasteiger partial charge < -0.3 is 15.7 Å². The van der Waals surface area contributed by atoms with Crippen molar-refractivity contribution in [2.45, 2.75) is 70.8 Å². The molecule has 0 aliphatic carbocycles. The molecule has 1 aromatic carbocycles. The van der Waals surface area contributed by atoms with Crippen molar-refractivity contribution in [3.8, 4) is 11.5 Å². The van der Waals surface area contributed by atoms with Crippen LogP contribution in [0.3, 0.4) is 0 Å². The number of rotatable bonds is 7. The summed E-state index contributed by atoms with van der Waals surface area (Å²) in [5, 5.41) is 14.5. The van der Waals surface area contributed by atoms with Crippen LogP contribution in [0.1, 0.15) is 39.7 Å². The van der Waals surface area contributed by atoms with Crippen molar-refractivity contribution in [2.75, 3.05) is 0 Å². The second kappa shape index (κ2) is 10.4. The van der Waals surface area contributed by atoms with Gasteiger partial charge in [0.15, 0.2) is 0 Å². The highest BCUT2D eigenvalue weighted by atomic mass is 28.3. The zero-order valence-electron chi connectivity index (χ0n) is 18.4. The molecule has 0 aliphatic heterocycles. The highest BCUT2D eigenvalue weighted by Gasteiger charge is 2.34. The molecule has 1 aromatic rings. The van der Waals surface area contributed by atoms with E-state index in [-0.39, 0.29) is 17.9 Å². The summed E-state index contributed by atoms with van der Waals surface area (Å²) >= 11 is 0. The van der Waals surface area contributed by atoms with Gasteiger partial charge in [-0.3, -0.25) is 9.59 Å². The summed E-state index contributed by atoms with van der Waals surface area (Å²) in [6, 6.07) is 3.36. The van der Waals surface area contributed by atoms with Gasteiger partial charge in [-0.1, -0.05) is 46.0 Å². The fourth-order valence-electron chi connectivity index (χ4n) is 2.34. The van der Waals surface area contributed by atoms with Gasteiger partial charge in [0.25, 0.3) is 0 Å². The van der Waals surface area contributed by atoms with Gasteiger partial charge in [0.1, 0.15) is 26.0 Å². The molecule has 2 amide bonds. The fraction of sp³-hybridized carbons (Fsp3) is 0.500. The summed E-state index contributed by atoms with van der Waals surface area (Å²) in [6.45, 7) is 11.8. The van der Waals surface area contributed by atoms with Crippen LogP contribution in [-0.2, 0) is 20.8 Å². The summed E-state index contributed by atoms with van der Waals surface area (Å²) in [5.74, 6) is 0.275. The number of carboxylic acid groups (broad SMARTS) is 1. The highest BCUT2D eigenvalue weighted by Crippen LogP contribution is 2.35. The van der Waals surface area contributed by atoms with Crippen molar-refractivity contribution in [3.63, 3.8) is 0 Å². The molecule has 0 fully saturated rings. The first-order valence-corrected chi connectivity index (χ1v) is 12.8. The maximum atomic E-state index is 13.1. The Morgan fingerprint density at radius 3 is 2.13 bits per heavy atom. The second-order valence-electron chi connectivity index (χ2n) is 8.86. The lowest BCUT2D eigenvalue weighted by atomic mass is 10.0. The van der Waals surface area contributed by atoms with Crippen molar-refractivity contribution in [3.05, 3.63) is 35.6 Å². The SMILES string of the molecule is CC(=O)N[C@H](Cc1ccc(F)cc1)C(=O)N[C@@H](CC#C[Si](C)(C)C(C)(C)C)C(=O)O. The molecular formula is C22H31FN2O4Si. The summed E-state index contributed by atoms with van der Waals surface area (Å²) in [6.07, 6.45) is 0.0740. The number of hydrogen-bond acceptors (Lipinski definition) is 3. The van der Waals surface area contributed by atoms with Gasteiger partial charge in [-0.2, -0.15) is 0 Å². The Kier molecular flexibility index (Phi) is 8.79. The van der Waals surface area contributed by atoms with Crippen LogP contribution < -0.4 is 10.6 Å². The van der Waals surface area contributed by atoms with Crippen molar-refractivity contribution < 1.29 is 23.9 Å². The lowest BCUT2D eigenvalue weighted by Crippen LogP contribution is -2.52. The van der Waals surface area contributed by atoms with E-state index in [0.29, 0.717) is 5.56 Å². The number of aliphatic carboxylic acids is 1. The summed E-state index contributed by atoms with van der Waals surface area (Å²) in [4.78, 5) is 35.8. The van der Waals surface area contributed by atoms with E-state index in [2.05, 4.69) is 56.0 Å². The lowest BCUT2D eigenvalue weighted by molar-refractivity contribution is -0.142. The number of carbonyl (C=O) groups excluding carboxylic acids is 2. The Hall–Kier alpha value is -2.66. The van der Waals surface area contributed by atoms with Gasteiger partial charge >= 0.3 is 5.97 Å². The number of halogens is 1. The molecule has 0 aliphatic rings. The van der Waals surface area contributed by atoms with Crippen molar-refractivity contribution in [1.29, 1.82) is 0 Å². The van der Waals surface area contributed by atoms with Gasteiger partial charge in [-0.05, 0) is 22.7 Å². The van der Waals surface area contributed by atoms with E-state index in [0.717, 1.165) is 0 Å². The molecule has 0 bridgehead atoms. The van der Waals surface area contributed by atoms with Crippen LogP contribution in [0.5, 0.6) is 0 Å². The Morgan fingerprint density at radius 1 is 1.10 bits per heavy atom. The minimum absolute atomic E-state index is 0.0308. The first kappa shape index (κ1) is 25.4. The van der Waals surface area contributed by atoms with Crippen molar-refractivity contribution >= 4 is 25.9 Å². The third-order valence-electron chi connectivity index (χ3n) is 5.24. The van der Waals surface area contributed by atoms with Gasteiger partial charge in [0.2, 0.25) is 11.8 Å². The van der Waals surface area contributed by atoms with Crippen molar-refractivity contribution in [2.24, 2.45) is 0 Å². The minimum Gasteiger partial charge on any atom is -0.480 e. The van der Waals surface area contributed by atoms with Gasteiger partial charge in [-0.25, -0.2) is 9.18 Å². The molecular weight excluding hydrogens is 403 g/mol. The minimum atomic E-state index is -1.90. The Morgan fingerprint density at radius 2 is 1.67 bits per heavy atom. The normalized spacial score (nSPS) is 13.4. The zero-order chi connectivity index (χ0) is 23.1. The van der Waals surface area contributed by atoms with Crippen LogP contribution in [0.25, 0.3) is 0 Å². The zero-order valence-corrected chi connectivity index (χ0v) is 19.4. The predicted octanol–water partition coefficient (Wildman–Crippen LogP) is 2.88. The number of benzene rings is 1. The van der Waals surface area contributed by atoms with Gasteiger partial charge in [0.05, 0.1) is 0 Å². The van der Waals surface area contributed by atoms with Crippen LogP contribution >= 0.6 is 0 Å². The molecule has 2 atom stereocenters. The second-order valence-corrected chi connectivity index (χ2v) is 13.9. The monoisotopic (exact) mass is 434 g/mol. The van der Waals surface area contributed by atoms with Gasteiger partial charge in [0, 0.05) is 19.8 Å². The standard InChI is InChI=1S/C22H31FN2O4Si/c1-15(26)24-19(14-16-9-11-17(23)12-10-16)20(27)25-18(21(28)29)8-7-13-30(5,6)22(2,3)4/h9-12,18-19H,8,14H2,1-6H3,(H,24,26)(H,25,27)(H,28,29)/t18-,19+/m0/s1. The maximum absolute atomic E-state index is 13.1. The smallest absolute Gasteiger partial charge is 0.327 e. The number of carbonyl (C=O) groups is 3. The maximum Gasteiger partial charge on any atom is 0.327 e. The molecule has 6 nitrogen and oxygen atoms in total. The van der Waals surface area contributed by atoms with E-state index in [9.17, 15) is 23.9 Å². The topological polar surface area (TPSA) is 95.5 Å². The number of amides is 2. The largest absolute Gasteiger partial charge is 0.480 e. The van der Waals surface area contributed by atoms with E-state index < -0.39 is 43.8 Å². The number of nitrogens with one attached hydrogen (secondary N) is 2. The van der Waals surface area contributed by atoms with Crippen LogP contribution in [-0.4, -0.2) is 43.0 Å².